The number of para-hydroxylation sites is 2. The largest absolute Gasteiger partial charge is 0.493 e. The molecule has 9 nitrogen and oxygen atoms in total. The molecule has 2 heterocycles. The summed E-state index contributed by atoms with van der Waals surface area (Å²) >= 11 is 1.32. The minimum absolute atomic E-state index is 0.118. The zero-order chi connectivity index (χ0) is 25.3. The molecule has 1 saturated heterocycles. The van der Waals surface area contributed by atoms with Crippen molar-refractivity contribution in [2.45, 2.75) is 24.7 Å². The fourth-order valence-corrected chi connectivity index (χ4v) is 4.63. The SMILES string of the molecule is C=CCn1c(SCC(=O)Nc2ccc(N3CCOCC3)cc2)nnc1C(C)Oc1ccccc1OC. The molecule has 1 aliphatic rings. The van der Waals surface area contributed by atoms with E-state index in [1.54, 1.807) is 13.2 Å². The number of methoxy groups -OCH3 is 1. The summed E-state index contributed by atoms with van der Waals surface area (Å²) in [5.74, 6) is 1.98. The number of carbonyl (C=O) groups excluding carboxylic acids is 1. The number of carbonyl (C=O) groups is 1. The number of allylic oxidation sites excluding steroid dienone is 1. The number of anilines is 2. The van der Waals surface area contributed by atoms with Crippen LogP contribution in [0.3, 0.4) is 0 Å². The van der Waals surface area contributed by atoms with Crippen LogP contribution in [0.25, 0.3) is 0 Å². The van der Waals surface area contributed by atoms with Crippen LogP contribution in [0.4, 0.5) is 11.4 Å². The minimum Gasteiger partial charge on any atom is -0.493 e. The molecule has 1 unspecified atom stereocenters. The van der Waals surface area contributed by atoms with Crippen LogP contribution < -0.4 is 19.7 Å². The lowest BCUT2D eigenvalue weighted by atomic mass is 10.2. The van der Waals surface area contributed by atoms with Gasteiger partial charge in [-0.05, 0) is 43.3 Å². The van der Waals surface area contributed by atoms with Crippen LogP contribution in [-0.4, -0.2) is 59.8 Å². The molecule has 1 atom stereocenters. The van der Waals surface area contributed by atoms with Gasteiger partial charge in [-0.25, -0.2) is 0 Å². The van der Waals surface area contributed by atoms with Crippen molar-refractivity contribution in [2.75, 3.05) is 49.4 Å². The molecule has 0 radical (unpaired) electrons. The third-order valence-electron chi connectivity index (χ3n) is 5.65. The van der Waals surface area contributed by atoms with Crippen molar-refractivity contribution in [1.82, 2.24) is 14.8 Å². The summed E-state index contributed by atoms with van der Waals surface area (Å²) in [6.45, 7) is 9.46. The number of thioether (sulfide) groups is 1. The summed E-state index contributed by atoms with van der Waals surface area (Å²) in [4.78, 5) is 14.9. The Morgan fingerprint density at radius 2 is 1.89 bits per heavy atom. The fourth-order valence-electron chi connectivity index (χ4n) is 3.87. The van der Waals surface area contributed by atoms with E-state index in [1.807, 2.05) is 60.0 Å². The van der Waals surface area contributed by atoms with E-state index in [9.17, 15) is 4.79 Å². The number of benzene rings is 2. The van der Waals surface area contributed by atoms with E-state index in [-0.39, 0.29) is 17.8 Å². The van der Waals surface area contributed by atoms with Crippen molar-refractivity contribution < 1.29 is 19.0 Å². The van der Waals surface area contributed by atoms with Crippen molar-refractivity contribution in [3.05, 3.63) is 67.0 Å². The molecule has 1 aliphatic heterocycles. The van der Waals surface area contributed by atoms with E-state index < -0.39 is 0 Å². The Balaban J connectivity index is 1.36. The lowest BCUT2D eigenvalue weighted by molar-refractivity contribution is -0.113. The van der Waals surface area contributed by atoms with Crippen LogP contribution in [0.2, 0.25) is 0 Å². The van der Waals surface area contributed by atoms with E-state index in [0.717, 1.165) is 37.7 Å². The second-order valence-corrected chi connectivity index (χ2v) is 9.08. The van der Waals surface area contributed by atoms with Gasteiger partial charge >= 0.3 is 0 Å². The molecule has 0 bridgehead atoms. The summed E-state index contributed by atoms with van der Waals surface area (Å²) in [7, 11) is 1.60. The number of nitrogens with zero attached hydrogens (tertiary/aromatic N) is 4. The van der Waals surface area contributed by atoms with E-state index >= 15 is 0 Å². The normalized spacial score (nSPS) is 14.2. The monoisotopic (exact) mass is 509 g/mol. The van der Waals surface area contributed by atoms with Crippen molar-refractivity contribution in [1.29, 1.82) is 0 Å². The maximum Gasteiger partial charge on any atom is 0.234 e. The number of ether oxygens (including phenoxy) is 3. The number of nitrogens with one attached hydrogen (secondary N) is 1. The Morgan fingerprint density at radius 1 is 1.17 bits per heavy atom. The van der Waals surface area contributed by atoms with Crippen LogP contribution in [0, 0.1) is 0 Å². The molecule has 1 aromatic heterocycles. The Labute approximate surface area is 215 Å². The lowest BCUT2D eigenvalue weighted by Crippen LogP contribution is -2.36. The molecule has 36 heavy (non-hydrogen) atoms. The average molecular weight is 510 g/mol. The second-order valence-electron chi connectivity index (χ2n) is 8.13. The number of amides is 1. The first kappa shape index (κ1) is 25.6. The van der Waals surface area contributed by atoms with Crippen LogP contribution in [0.15, 0.2) is 66.3 Å². The van der Waals surface area contributed by atoms with Crippen molar-refractivity contribution in [3.63, 3.8) is 0 Å². The number of hydrogen-bond donors (Lipinski definition) is 1. The van der Waals surface area contributed by atoms with Gasteiger partial charge in [0.15, 0.2) is 28.6 Å². The molecule has 4 rings (SSSR count). The Kier molecular flexibility index (Phi) is 8.85. The van der Waals surface area contributed by atoms with Crippen LogP contribution in [-0.2, 0) is 16.1 Å². The van der Waals surface area contributed by atoms with Crippen molar-refractivity contribution >= 4 is 29.0 Å². The number of hydrogen-bond acceptors (Lipinski definition) is 8. The topological polar surface area (TPSA) is 90.7 Å². The molecule has 10 heteroatoms. The predicted molar refractivity (Wildman–Crippen MR) is 141 cm³/mol. The van der Waals surface area contributed by atoms with E-state index in [2.05, 4.69) is 27.0 Å². The summed E-state index contributed by atoms with van der Waals surface area (Å²) in [6.07, 6.45) is 1.38. The fraction of sp³-hybridized carbons (Fsp3) is 0.346. The predicted octanol–water partition coefficient (Wildman–Crippen LogP) is 4.18. The highest BCUT2D eigenvalue weighted by Gasteiger charge is 2.21. The third kappa shape index (κ3) is 6.38. The van der Waals surface area contributed by atoms with E-state index in [4.69, 9.17) is 14.2 Å². The average Bonchev–Trinajstić information content (AvgIpc) is 3.31. The standard InChI is InChI=1S/C26H31N5O4S/c1-4-13-31-25(19(2)35-23-8-6-5-7-22(23)33-3)28-29-26(31)36-18-24(32)27-20-9-11-21(12-10-20)30-14-16-34-17-15-30/h4-12,19H,1,13-18H2,2-3H3,(H,27,32). The Bertz CT molecular complexity index is 1160. The quantitative estimate of drug-likeness (QED) is 0.304. The molecular formula is C26H31N5O4S. The number of morpholine rings is 1. The van der Waals surface area contributed by atoms with Gasteiger partial charge in [0.05, 0.1) is 26.1 Å². The highest BCUT2D eigenvalue weighted by atomic mass is 32.2. The first-order valence-corrected chi connectivity index (χ1v) is 12.8. The summed E-state index contributed by atoms with van der Waals surface area (Å²) in [5, 5.41) is 12.2. The molecule has 0 aliphatic carbocycles. The first-order valence-electron chi connectivity index (χ1n) is 11.8. The zero-order valence-electron chi connectivity index (χ0n) is 20.6. The van der Waals surface area contributed by atoms with Gasteiger partial charge in [0.25, 0.3) is 0 Å². The molecular weight excluding hydrogens is 478 g/mol. The van der Waals surface area contributed by atoms with Gasteiger partial charge in [0.1, 0.15) is 0 Å². The molecule has 3 aromatic rings. The smallest absolute Gasteiger partial charge is 0.234 e. The summed E-state index contributed by atoms with van der Waals surface area (Å²) in [6, 6.07) is 15.3. The number of aromatic nitrogens is 3. The summed E-state index contributed by atoms with van der Waals surface area (Å²) in [5.41, 5.74) is 1.88. The van der Waals surface area contributed by atoms with Gasteiger partial charge in [-0.2, -0.15) is 0 Å². The van der Waals surface area contributed by atoms with Crippen LogP contribution >= 0.6 is 11.8 Å². The Hall–Kier alpha value is -3.50. The van der Waals surface area contributed by atoms with Gasteiger partial charge in [0, 0.05) is 31.0 Å². The third-order valence-corrected chi connectivity index (χ3v) is 6.62. The second kappa shape index (κ2) is 12.5. The van der Waals surface area contributed by atoms with Crippen molar-refractivity contribution in [3.8, 4) is 11.5 Å². The highest BCUT2D eigenvalue weighted by molar-refractivity contribution is 7.99. The molecule has 2 aromatic carbocycles. The molecule has 1 fully saturated rings. The highest BCUT2D eigenvalue weighted by Crippen LogP contribution is 2.31. The molecule has 1 N–H and O–H groups in total. The molecule has 1 amide bonds. The van der Waals surface area contributed by atoms with Crippen molar-refractivity contribution in [2.24, 2.45) is 0 Å². The lowest BCUT2D eigenvalue weighted by Gasteiger charge is -2.28. The molecule has 190 valence electrons. The minimum atomic E-state index is -0.387. The van der Waals surface area contributed by atoms with E-state index in [1.165, 1.54) is 11.8 Å². The van der Waals surface area contributed by atoms with Gasteiger partial charge in [-0.3, -0.25) is 9.36 Å². The van der Waals surface area contributed by atoms with Crippen LogP contribution in [0.1, 0.15) is 18.9 Å². The van der Waals surface area contributed by atoms with E-state index in [0.29, 0.717) is 29.0 Å². The van der Waals surface area contributed by atoms with Gasteiger partial charge in [-0.1, -0.05) is 30.0 Å². The maximum absolute atomic E-state index is 12.6. The maximum atomic E-state index is 12.6. The number of rotatable bonds is 11. The van der Waals surface area contributed by atoms with Gasteiger partial charge < -0.3 is 24.4 Å². The van der Waals surface area contributed by atoms with Gasteiger partial charge in [0.2, 0.25) is 5.91 Å². The zero-order valence-corrected chi connectivity index (χ0v) is 21.4. The van der Waals surface area contributed by atoms with Crippen LogP contribution in [0.5, 0.6) is 11.5 Å². The first-order chi connectivity index (χ1) is 17.6. The molecule has 0 saturated carbocycles. The Morgan fingerprint density at radius 3 is 2.58 bits per heavy atom. The molecule has 0 spiro atoms. The summed E-state index contributed by atoms with van der Waals surface area (Å²) < 4.78 is 18.8. The van der Waals surface area contributed by atoms with Gasteiger partial charge in [-0.15, -0.1) is 16.8 Å².